The first-order valence-electron chi connectivity index (χ1n) is 12.4. The molecule has 3 aromatic carbocycles. The van der Waals surface area contributed by atoms with Gasteiger partial charge >= 0.3 is 0 Å². The number of nitrogens with zero attached hydrogens (tertiary/aromatic N) is 1. The third kappa shape index (κ3) is 4.93. The molecular weight excluding hydrogens is 438 g/mol. The summed E-state index contributed by atoms with van der Waals surface area (Å²) in [5.41, 5.74) is 5.92. The van der Waals surface area contributed by atoms with Crippen molar-refractivity contribution in [2.45, 2.75) is 33.0 Å². The molecule has 0 aromatic heterocycles. The molecule has 1 saturated heterocycles. The molecule has 1 atom stereocenters. The summed E-state index contributed by atoms with van der Waals surface area (Å²) in [6.07, 6.45) is 0.961. The maximum absolute atomic E-state index is 10.1. The zero-order valence-electron chi connectivity index (χ0n) is 20.4. The van der Waals surface area contributed by atoms with Crippen molar-refractivity contribution in [2.75, 3.05) is 26.2 Å². The van der Waals surface area contributed by atoms with Crippen LogP contribution < -0.4 is 9.47 Å². The van der Waals surface area contributed by atoms with Crippen molar-refractivity contribution in [3.8, 4) is 17.2 Å². The smallest absolute Gasteiger partial charge is 0.150 e. The van der Waals surface area contributed by atoms with Crippen LogP contribution in [-0.4, -0.2) is 41.4 Å². The molecule has 0 aliphatic carbocycles. The molecule has 1 unspecified atom stereocenters. The molecule has 2 heterocycles. The van der Waals surface area contributed by atoms with E-state index in [4.69, 9.17) is 9.47 Å². The molecule has 5 nitrogen and oxygen atoms in total. The Kier molecular flexibility index (Phi) is 6.80. The quantitative estimate of drug-likeness (QED) is 0.443. The lowest BCUT2D eigenvalue weighted by Crippen LogP contribution is -2.47. The van der Waals surface area contributed by atoms with Gasteiger partial charge in [0.1, 0.15) is 30.0 Å². The number of phenols is 1. The van der Waals surface area contributed by atoms with Crippen LogP contribution in [0.4, 0.5) is 0 Å². The van der Waals surface area contributed by atoms with E-state index in [1.54, 1.807) is 12.1 Å². The average Bonchev–Trinajstić information content (AvgIpc) is 2.86. The van der Waals surface area contributed by atoms with Gasteiger partial charge < -0.3 is 19.7 Å². The van der Waals surface area contributed by atoms with Crippen LogP contribution in [0.2, 0.25) is 0 Å². The highest BCUT2D eigenvalue weighted by atomic mass is 16.5. The summed E-state index contributed by atoms with van der Waals surface area (Å²) >= 11 is 0. The Bertz CT molecular complexity index is 1190. The Morgan fingerprint density at radius 3 is 2.43 bits per heavy atom. The standard InChI is InChI=1S/C30H33NO4/c1-3-21-17-31(18-21)14-15-34-26-11-8-24(9-12-26)30-29(23-6-4-22(19-32)5-7-23)20(2)27-16-25(33)10-13-28(27)35-30/h4-13,16,21,30,32-33H,3,14-15,17-19H2,1-2H3. The van der Waals surface area contributed by atoms with Gasteiger partial charge in [-0.2, -0.15) is 0 Å². The lowest BCUT2D eigenvalue weighted by Gasteiger charge is -2.38. The zero-order valence-corrected chi connectivity index (χ0v) is 20.4. The Hall–Kier alpha value is -3.28. The minimum atomic E-state index is -0.298. The first-order chi connectivity index (χ1) is 17.1. The van der Waals surface area contributed by atoms with Crippen molar-refractivity contribution in [3.05, 3.63) is 89.0 Å². The fourth-order valence-corrected chi connectivity index (χ4v) is 4.98. The molecule has 0 spiro atoms. The monoisotopic (exact) mass is 471 g/mol. The van der Waals surface area contributed by atoms with E-state index in [1.165, 1.54) is 19.5 Å². The van der Waals surface area contributed by atoms with Crippen molar-refractivity contribution >= 4 is 11.1 Å². The van der Waals surface area contributed by atoms with Crippen LogP contribution in [0.25, 0.3) is 11.1 Å². The third-order valence-electron chi connectivity index (χ3n) is 7.19. The maximum Gasteiger partial charge on any atom is 0.150 e. The maximum atomic E-state index is 10.1. The van der Waals surface area contributed by atoms with Gasteiger partial charge in [0.05, 0.1) is 6.61 Å². The van der Waals surface area contributed by atoms with Gasteiger partial charge in [-0.15, -0.1) is 0 Å². The molecule has 35 heavy (non-hydrogen) atoms. The fraction of sp³-hybridized carbons (Fsp3) is 0.333. The van der Waals surface area contributed by atoms with E-state index in [9.17, 15) is 10.2 Å². The van der Waals surface area contributed by atoms with Gasteiger partial charge in [0.2, 0.25) is 0 Å². The van der Waals surface area contributed by atoms with E-state index in [2.05, 4.69) is 30.9 Å². The second-order valence-electron chi connectivity index (χ2n) is 9.52. The minimum Gasteiger partial charge on any atom is -0.508 e. The van der Waals surface area contributed by atoms with Gasteiger partial charge in [0.15, 0.2) is 0 Å². The number of phenolic OH excluding ortho intramolecular Hbond substituents is 1. The molecule has 0 saturated carbocycles. The molecule has 182 valence electrons. The van der Waals surface area contributed by atoms with E-state index >= 15 is 0 Å². The van der Waals surface area contributed by atoms with Gasteiger partial charge in [-0.3, -0.25) is 4.90 Å². The number of rotatable bonds is 8. The Labute approximate surface area is 207 Å². The molecule has 3 aromatic rings. The predicted octanol–water partition coefficient (Wildman–Crippen LogP) is 5.67. The number of fused-ring (bicyclic) bond motifs is 1. The lowest BCUT2D eigenvalue weighted by atomic mass is 9.86. The van der Waals surface area contributed by atoms with Crippen LogP contribution in [0.1, 0.15) is 48.6 Å². The van der Waals surface area contributed by atoms with Crippen LogP contribution >= 0.6 is 0 Å². The van der Waals surface area contributed by atoms with Crippen LogP contribution in [0.15, 0.2) is 66.7 Å². The van der Waals surface area contributed by atoms with E-state index in [-0.39, 0.29) is 18.5 Å². The number of likely N-dealkylation sites (tertiary alicyclic amines) is 1. The summed E-state index contributed by atoms with van der Waals surface area (Å²) < 4.78 is 12.5. The topological polar surface area (TPSA) is 62.2 Å². The molecule has 2 aliphatic rings. The summed E-state index contributed by atoms with van der Waals surface area (Å²) in [5, 5.41) is 19.5. The third-order valence-corrected chi connectivity index (χ3v) is 7.19. The van der Waals surface area contributed by atoms with Gasteiger partial charge in [-0.05, 0) is 65.4 Å². The van der Waals surface area contributed by atoms with E-state index in [0.29, 0.717) is 6.61 Å². The van der Waals surface area contributed by atoms with Gasteiger partial charge in [-0.25, -0.2) is 0 Å². The molecule has 0 bridgehead atoms. The van der Waals surface area contributed by atoms with Gasteiger partial charge in [-0.1, -0.05) is 49.7 Å². The molecule has 2 N–H and O–H groups in total. The number of allylic oxidation sites excluding steroid dienone is 1. The number of benzene rings is 3. The summed E-state index contributed by atoms with van der Waals surface area (Å²) in [4.78, 5) is 2.44. The normalized spacial score (nSPS) is 18.1. The summed E-state index contributed by atoms with van der Waals surface area (Å²) in [6, 6.07) is 21.3. The van der Waals surface area contributed by atoms with Gasteiger partial charge in [0, 0.05) is 30.8 Å². The van der Waals surface area contributed by atoms with E-state index < -0.39 is 0 Å². The van der Waals surface area contributed by atoms with Crippen LogP contribution in [0.5, 0.6) is 17.2 Å². The van der Waals surface area contributed by atoms with Crippen molar-refractivity contribution < 1.29 is 19.7 Å². The second kappa shape index (κ2) is 10.1. The average molecular weight is 472 g/mol. The van der Waals surface area contributed by atoms with Gasteiger partial charge in [0.25, 0.3) is 0 Å². The summed E-state index contributed by atoms with van der Waals surface area (Å²) in [6.45, 7) is 8.35. The molecule has 0 amide bonds. The van der Waals surface area contributed by atoms with Crippen molar-refractivity contribution in [1.29, 1.82) is 0 Å². The van der Waals surface area contributed by atoms with Crippen molar-refractivity contribution in [2.24, 2.45) is 5.92 Å². The summed E-state index contributed by atoms with van der Waals surface area (Å²) in [7, 11) is 0. The fourth-order valence-electron chi connectivity index (χ4n) is 4.98. The number of hydrogen-bond acceptors (Lipinski definition) is 5. The first-order valence-corrected chi connectivity index (χ1v) is 12.4. The summed E-state index contributed by atoms with van der Waals surface area (Å²) in [5.74, 6) is 2.67. The zero-order chi connectivity index (χ0) is 24.4. The lowest BCUT2D eigenvalue weighted by molar-refractivity contribution is 0.0806. The molecule has 0 radical (unpaired) electrons. The minimum absolute atomic E-state index is 0.00729. The van der Waals surface area contributed by atoms with Crippen LogP contribution in [0.3, 0.4) is 0 Å². The van der Waals surface area contributed by atoms with Crippen LogP contribution in [-0.2, 0) is 6.61 Å². The van der Waals surface area contributed by atoms with Crippen LogP contribution in [0, 0.1) is 5.92 Å². The highest BCUT2D eigenvalue weighted by Gasteiger charge is 2.29. The number of aliphatic hydroxyl groups excluding tert-OH is 1. The Morgan fingerprint density at radius 2 is 1.74 bits per heavy atom. The van der Waals surface area contributed by atoms with E-state index in [1.807, 2.05) is 42.5 Å². The molecule has 5 rings (SSSR count). The number of ether oxygens (including phenoxy) is 2. The SMILES string of the molecule is CCC1CN(CCOc2ccc(C3Oc4ccc(O)cc4C(C)=C3c3ccc(CO)cc3)cc2)C1. The first kappa shape index (κ1) is 23.5. The largest absolute Gasteiger partial charge is 0.508 e. The molecule has 1 fully saturated rings. The number of aliphatic hydroxyl groups is 1. The van der Waals surface area contributed by atoms with Crippen molar-refractivity contribution in [1.82, 2.24) is 4.90 Å². The Balaban J connectivity index is 1.38. The predicted molar refractivity (Wildman–Crippen MR) is 138 cm³/mol. The van der Waals surface area contributed by atoms with E-state index in [0.717, 1.165) is 57.4 Å². The molecule has 5 heteroatoms. The molecule has 2 aliphatic heterocycles. The number of aromatic hydroxyl groups is 1. The van der Waals surface area contributed by atoms with Crippen molar-refractivity contribution in [3.63, 3.8) is 0 Å². The number of hydrogen-bond donors (Lipinski definition) is 2. The molecular formula is C30H33NO4. The second-order valence-corrected chi connectivity index (χ2v) is 9.52. The Morgan fingerprint density at radius 1 is 1.00 bits per heavy atom. The highest BCUT2D eigenvalue weighted by Crippen LogP contribution is 2.47. The highest BCUT2D eigenvalue weighted by molar-refractivity contribution is 5.95.